The van der Waals surface area contributed by atoms with Crippen LogP contribution in [0.2, 0.25) is 0 Å². The second-order valence-corrected chi connectivity index (χ2v) is 35.7. The highest BCUT2D eigenvalue weighted by Gasteiger charge is 2.48. The van der Waals surface area contributed by atoms with E-state index in [1.54, 1.807) is 0 Å². The third-order valence-corrected chi connectivity index (χ3v) is 32.3. The molecule has 17 aromatic rings. The average Bonchev–Trinajstić information content (AvgIpc) is 0.901. The number of thiophene rings is 1. The van der Waals surface area contributed by atoms with E-state index in [0.29, 0.717) is 0 Å². The standard InChI is InChI=1S/C96H68BN3SSi2/c1-10-32-69(33-11-1)71-36-30-39-75(64-71)100-89-62-56-72(70-34-12-2-13-35-70)65-87(89)97-88-68-84(103(80-46-22-7-23-47-80,81-48-24-8-25-49-81)82-50-26-9-27-51-82)61-63-90(88)99(74-57-59-83(60-58-74)102(77-40-16-4-17-41-77,78-42-18-5-19-43-78)79-44-20-6-21-45-79)92-66-76(67-93(100)95(92)97)98(73-37-14-3-15-38-73)91-54-31-53-86-85-52-28-29-55-94(85)101-96(86)91/h1-68H. The van der Waals surface area contributed by atoms with E-state index in [9.17, 15) is 0 Å². The summed E-state index contributed by atoms with van der Waals surface area (Å²) in [5.41, 5.74) is 18.3. The van der Waals surface area contributed by atoms with E-state index in [4.69, 9.17) is 0 Å². The molecule has 0 N–H and O–H groups in total. The van der Waals surface area contributed by atoms with Crippen LogP contribution in [0.25, 0.3) is 42.4 Å². The van der Waals surface area contributed by atoms with Crippen molar-refractivity contribution in [1.82, 2.24) is 0 Å². The third kappa shape index (κ3) is 10.3. The molecule has 0 saturated carbocycles. The van der Waals surface area contributed by atoms with Gasteiger partial charge in [-0.05, 0) is 153 Å². The first-order chi connectivity index (χ1) is 51.1. The summed E-state index contributed by atoms with van der Waals surface area (Å²) >= 11 is 1.87. The van der Waals surface area contributed by atoms with Crippen molar-refractivity contribution in [2.45, 2.75) is 0 Å². The lowest BCUT2D eigenvalue weighted by molar-refractivity contribution is 1.23. The van der Waals surface area contributed by atoms with E-state index < -0.39 is 16.1 Å². The molecule has 2 aliphatic heterocycles. The molecule has 3 heterocycles. The predicted molar refractivity (Wildman–Crippen MR) is 446 cm³/mol. The lowest BCUT2D eigenvalue weighted by Gasteiger charge is -2.46. The van der Waals surface area contributed by atoms with Crippen molar-refractivity contribution < 1.29 is 0 Å². The first kappa shape index (κ1) is 61.7. The molecule has 2 aliphatic rings. The van der Waals surface area contributed by atoms with Crippen LogP contribution in [-0.4, -0.2) is 22.9 Å². The Labute approximate surface area is 608 Å². The Morgan fingerprint density at radius 2 is 0.641 bits per heavy atom. The van der Waals surface area contributed by atoms with Gasteiger partial charge in [-0.15, -0.1) is 11.3 Å². The molecule has 0 unspecified atom stereocenters. The SMILES string of the molecule is c1ccc(-c2cccc(N3c4ccc(-c5ccccc5)cc4B4c5cc([Si](c6ccccc6)(c6ccccc6)c6ccccc6)ccc5N(c5ccc([Si](c6ccccc6)(c6ccccc6)c6ccccc6)cc5)c5cc(N(c6ccccc6)c6cccc7c6sc6ccccc67)cc3c54)c2)cc1. The van der Waals surface area contributed by atoms with Crippen molar-refractivity contribution >= 4 is 163 Å². The minimum atomic E-state index is -3.14. The molecular weight excluding hydrogens is 1290 g/mol. The molecule has 0 bridgehead atoms. The minimum Gasteiger partial charge on any atom is -0.311 e. The average molecular weight is 1360 g/mol. The summed E-state index contributed by atoms with van der Waals surface area (Å²) in [7, 11) is -6.11. The van der Waals surface area contributed by atoms with Gasteiger partial charge in [0.15, 0.2) is 16.1 Å². The maximum Gasteiger partial charge on any atom is 0.252 e. The fourth-order valence-electron chi connectivity index (χ4n) is 17.1. The van der Waals surface area contributed by atoms with Crippen molar-refractivity contribution in [3.63, 3.8) is 0 Å². The first-order valence-electron chi connectivity index (χ1n) is 35.6. The van der Waals surface area contributed by atoms with Crippen LogP contribution in [0.15, 0.2) is 413 Å². The number of rotatable bonds is 15. The maximum atomic E-state index is 2.67. The Balaban J connectivity index is 0.951. The molecule has 3 nitrogen and oxygen atoms in total. The molecule has 0 spiro atoms. The van der Waals surface area contributed by atoms with Gasteiger partial charge in [-0.1, -0.05) is 340 Å². The summed E-state index contributed by atoms with van der Waals surface area (Å²) in [6.07, 6.45) is 0. The van der Waals surface area contributed by atoms with Crippen molar-refractivity contribution in [1.29, 1.82) is 0 Å². The molecule has 7 heteroatoms. The van der Waals surface area contributed by atoms with Crippen molar-refractivity contribution in [2.24, 2.45) is 0 Å². The number of anilines is 9. The summed E-state index contributed by atoms with van der Waals surface area (Å²) in [6, 6.07) is 156. The van der Waals surface area contributed by atoms with Gasteiger partial charge in [0, 0.05) is 55.3 Å². The number of hydrogen-bond donors (Lipinski definition) is 0. The lowest BCUT2D eigenvalue weighted by Crippen LogP contribution is -2.75. The van der Waals surface area contributed by atoms with Gasteiger partial charge in [0.1, 0.15) is 0 Å². The van der Waals surface area contributed by atoms with E-state index in [1.807, 2.05) is 11.3 Å². The van der Waals surface area contributed by atoms with Crippen molar-refractivity contribution in [2.75, 3.05) is 14.7 Å². The van der Waals surface area contributed by atoms with E-state index in [-0.39, 0.29) is 6.71 Å². The molecule has 484 valence electrons. The maximum absolute atomic E-state index is 3.14. The topological polar surface area (TPSA) is 9.72 Å². The molecule has 0 fully saturated rings. The Morgan fingerprint density at radius 3 is 1.17 bits per heavy atom. The van der Waals surface area contributed by atoms with Crippen LogP contribution in [0.1, 0.15) is 0 Å². The number of benzene rings is 16. The molecule has 103 heavy (non-hydrogen) atoms. The lowest BCUT2D eigenvalue weighted by atomic mass is 9.33. The normalized spacial score (nSPS) is 12.4. The number of nitrogens with zero attached hydrogens (tertiary/aromatic N) is 3. The number of fused-ring (bicyclic) bond motifs is 7. The third-order valence-electron chi connectivity index (χ3n) is 21.5. The van der Waals surface area contributed by atoms with Gasteiger partial charge < -0.3 is 14.7 Å². The van der Waals surface area contributed by atoms with E-state index >= 15 is 0 Å². The first-order valence-corrected chi connectivity index (χ1v) is 40.4. The Hall–Kier alpha value is -12.4. The van der Waals surface area contributed by atoms with Gasteiger partial charge in [-0.3, -0.25) is 0 Å². The number of hydrogen-bond acceptors (Lipinski definition) is 4. The van der Waals surface area contributed by atoms with Gasteiger partial charge in [0.25, 0.3) is 6.71 Å². The van der Waals surface area contributed by atoms with E-state index in [1.165, 1.54) is 94.7 Å². The Kier molecular flexibility index (Phi) is 15.6. The zero-order valence-electron chi connectivity index (χ0n) is 56.6. The van der Waals surface area contributed by atoms with Crippen LogP contribution in [0.3, 0.4) is 0 Å². The highest BCUT2D eigenvalue weighted by molar-refractivity contribution is 7.26. The van der Waals surface area contributed by atoms with Gasteiger partial charge in [0.2, 0.25) is 0 Å². The molecule has 1 aromatic heterocycles. The summed E-state index contributed by atoms with van der Waals surface area (Å²) in [6.45, 7) is -0.253. The minimum absolute atomic E-state index is 0.253. The zero-order valence-corrected chi connectivity index (χ0v) is 59.4. The molecule has 0 aliphatic carbocycles. The molecule has 19 rings (SSSR count). The smallest absolute Gasteiger partial charge is 0.252 e. The van der Waals surface area contributed by atoms with Crippen LogP contribution in [0.5, 0.6) is 0 Å². The molecule has 0 saturated heterocycles. The second kappa shape index (κ2) is 26.0. The molecule has 16 aromatic carbocycles. The van der Waals surface area contributed by atoms with Gasteiger partial charge in [-0.2, -0.15) is 0 Å². The van der Waals surface area contributed by atoms with Crippen molar-refractivity contribution in [3.8, 4) is 22.3 Å². The van der Waals surface area contributed by atoms with E-state index in [2.05, 4.69) is 427 Å². The predicted octanol–water partition coefficient (Wildman–Crippen LogP) is 17.7. The van der Waals surface area contributed by atoms with Crippen LogP contribution in [-0.2, 0) is 0 Å². The van der Waals surface area contributed by atoms with E-state index in [0.717, 1.165) is 56.7 Å². The van der Waals surface area contributed by atoms with Crippen LogP contribution in [0.4, 0.5) is 51.2 Å². The number of para-hydroxylation sites is 1. The second-order valence-electron chi connectivity index (χ2n) is 27.0. The summed E-state index contributed by atoms with van der Waals surface area (Å²) < 4.78 is 2.50. The fraction of sp³-hybridized carbons (Fsp3) is 0. The van der Waals surface area contributed by atoms with Gasteiger partial charge in [-0.25, -0.2) is 0 Å². The van der Waals surface area contributed by atoms with Gasteiger partial charge >= 0.3 is 0 Å². The largest absolute Gasteiger partial charge is 0.311 e. The molecule has 0 radical (unpaired) electrons. The van der Waals surface area contributed by atoms with Crippen LogP contribution >= 0.6 is 11.3 Å². The Bertz CT molecular complexity index is 5740. The molecule has 0 amide bonds. The van der Waals surface area contributed by atoms with Gasteiger partial charge in [0.05, 0.1) is 16.1 Å². The highest BCUT2D eigenvalue weighted by atomic mass is 32.1. The fourth-order valence-corrected chi connectivity index (χ4v) is 27.8. The molecular formula is C96H68BN3SSi2. The molecule has 0 atom stereocenters. The quantitative estimate of drug-likeness (QED) is 0.0748. The highest BCUT2D eigenvalue weighted by Crippen LogP contribution is 2.51. The monoisotopic (exact) mass is 1360 g/mol. The van der Waals surface area contributed by atoms with Crippen LogP contribution in [0, 0.1) is 0 Å². The Morgan fingerprint density at radius 1 is 0.252 bits per heavy atom. The summed E-state index contributed by atoms with van der Waals surface area (Å²) in [5, 5.41) is 13.1. The summed E-state index contributed by atoms with van der Waals surface area (Å²) in [4.78, 5) is 7.78. The zero-order chi connectivity index (χ0) is 68.3. The van der Waals surface area contributed by atoms with Crippen LogP contribution < -0.4 is 72.6 Å². The summed E-state index contributed by atoms with van der Waals surface area (Å²) in [5.74, 6) is 0. The van der Waals surface area contributed by atoms with Crippen molar-refractivity contribution in [3.05, 3.63) is 413 Å².